The van der Waals surface area contributed by atoms with E-state index in [0.29, 0.717) is 5.96 Å². The molecule has 0 spiro atoms. The third-order valence-corrected chi connectivity index (χ3v) is 1.71. The van der Waals surface area contributed by atoms with E-state index >= 15 is 0 Å². The molecule has 4 nitrogen and oxygen atoms in total. The van der Waals surface area contributed by atoms with Gasteiger partial charge in [-0.25, -0.2) is 0 Å². The Bertz CT molecular complexity index is 235. The number of guanidine groups is 1. The van der Waals surface area contributed by atoms with Gasteiger partial charge >= 0.3 is 0 Å². The maximum Gasteiger partial charge on any atom is 0.206 e. The second-order valence-electron chi connectivity index (χ2n) is 4.65. The van der Waals surface area contributed by atoms with Crippen LogP contribution in [0.25, 0.3) is 0 Å². The molecule has 0 saturated heterocycles. The van der Waals surface area contributed by atoms with Crippen molar-refractivity contribution in [1.82, 2.24) is 10.2 Å². The second kappa shape index (κ2) is 7.10. The summed E-state index contributed by atoms with van der Waals surface area (Å²) in [6.07, 6.45) is 2.89. The lowest BCUT2D eigenvalue weighted by atomic mass is 9.92. The molecule has 0 rings (SSSR count). The van der Waals surface area contributed by atoms with Crippen LogP contribution >= 0.6 is 0 Å². The van der Waals surface area contributed by atoms with E-state index in [-0.39, 0.29) is 14.3 Å². The largest absolute Gasteiger partial charge is 0.348 e. The normalized spacial score (nSPS) is 11.3. The molecule has 0 aromatic heterocycles. The van der Waals surface area contributed by atoms with Crippen molar-refractivity contribution in [3.8, 4) is 6.19 Å². The predicted octanol–water partition coefficient (Wildman–Crippen LogP) is 2.29. The van der Waals surface area contributed by atoms with Gasteiger partial charge in [-0.3, -0.25) is 10.3 Å². The van der Waals surface area contributed by atoms with Crippen LogP contribution in [0.2, 0.25) is 0 Å². The first-order valence-electron chi connectivity index (χ1n) is 4.74. The Labute approximate surface area is 95.5 Å². The SMILES string of the molecule is C.CN(C)C(=NCCC(C)(C)C)NC#N.[HH]. The quantitative estimate of drug-likeness (QED) is 0.332. The number of nitrogens with one attached hydrogen (secondary N) is 1. The van der Waals surface area contributed by atoms with Crippen LogP contribution in [0.5, 0.6) is 0 Å². The summed E-state index contributed by atoms with van der Waals surface area (Å²) in [5, 5.41) is 11.0. The van der Waals surface area contributed by atoms with Crippen LogP contribution in [0.15, 0.2) is 4.99 Å². The fourth-order valence-electron chi connectivity index (χ4n) is 0.840. The van der Waals surface area contributed by atoms with E-state index in [4.69, 9.17) is 5.26 Å². The zero-order chi connectivity index (χ0) is 11.2. The summed E-state index contributed by atoms with van der Waals surface area (Å²) in [5.41, 5.74) is 0.285. The van der Waals surface area contributed by atoms with Crippen molar-refractivity contribution in [3.63, 3.8) is 0 Å². The molecule has 0 bridgehead atoms. The van der Waals surface area contributed by atoms with Gasteiger partial charge in [-0.15, -0.1) is 0 Å². The van der Waals surface area contributed by atoms with Crippen molar-refractivity contribution in [2.45, 2.75) is 34.6 Å². The molecule has 0 atom stereocenters. The van der Waals surface area contributed by atoms with E-state index in [9.17, 15) is 0 Å². The van der Waals surface area contributed by atoms with Crippen LogP contribution in [0.3, 0.4) is 0 Å². The van der Waals surface area contributed by atoms with Gasteiger partial charge in [-0.05, 0) is 11.8 Å². The molecule has 15 heavy (non-hydrogen) atoms. The third-order valence-electron chi connectivity index (χ3n) is 1.71. The molecule has 0 aliphatic carbocycles. The van der Waals surface area contributed by atoms with E-state index in [2.05, 4.69) is 31.1 Å². The zero-order valence-electron chi connectivity index (χ0n) is 9.76. The summed E-state index contributed by atoms with van der Waals surface area (Å²) in [7, 11) is 3.72. The van der Waals surface area contributed by atoms with Gasteiger partial charge in [0, 0.05) is 22.1 Å². The molecule has 4 heteroatoms. The summed E-state index contributed by atoms with van der Waals surface area (Å²) in [5.74, 6) is 0.622. The van der Waals surface area contributed by atoms with E-state index < -0.39 is 0 Å². The third kappa shape index (κ3) is 9.07. The minimum absolute atomic E-state index is 0. The number of hydrogen-bond acceptors (Lipinski definition) is 2. The molecule has 90 valence electrons. The highest BCUT2D eigenvalue weighted by Gasteiger charge is 2.09. The van der Waals surface area contributed by atoms with Gasteiger partial charge in [0.05, 0.1) is 0 Å². The highest BCUT2D eigenvalue weighted by atomic mass is 15.3. The number of hydrogen-bond donors (Lipinski definition) is 1. The molecule has 0 saturated carbocycles. The molecule has 0 aromatic carbocycles. The van der Waals surface area contributed by atoms with Crippen molar-refractivity contribution in [1.29, 1.82) is 5.26 Å². The molecule has 0 radical (unpaired) electrons. The van der Waals surface area contributed by atoms with Crippen LogP contribution in [0, 0.1) is 16.9 Å². The molecule has 0 fully saturated rings. The number of nitriles is 1. The fraction of sp³-hybridized carbons (Fsp3) is 0.818. The highest BCUT2D eigenvalue weighted by Crippen LogP contribution is 2.17. The first-order valence-corrected chi connectivity index (χ1v) is 4.74. The lowest BCUT2D eigenvalue weighted by molar-refractivity contribution is 0.384. The Morgan fingerprint density at radius 2 is 2.00 bits per heavy atom. The van der Waals surface area contributed by atoms with Crippen LogP contribution in [-0.2, 0) is 0 Å². The van der Waals surface area contributed by atoms with Gasteiger partial charge in [0.25, 0.3) is 0 Å². The first kappa shape index (κ1) is 16.2. The molecule has 1 N–H and O–H groups in total. The lowest BCUT2D eigenvalue weighted by Crippen LogP contribution is -2.33. The fourth-order valence-corrected chi connectivity index (χ4v) is 0.840. The maximum atomic E-state index is 8.48. The number of aliphatic imine (C=N–C) groups is 1. The van der Waals surface area contributed by atoms with Crippen molar-refractivity contribution in [3.05, 3.63) is 0 Å². The molecule has 0 unspecified atom stereocenters. The number of rotatable bonds is 2. The van der Waals surface area contributed by atoms with Crippen LogP contribution in [-0.4, -0.2) is 31.5 Å². The molecular formula is C11H26N4. The second-order valence-corrected chi connectivity index (χ2v) is 4.65. The average Bonchev–Trinajstić information content (AvgIpc) is 2.00. The Hall–Kier alpha value is -1.24. The van der Waals surface area contributed by atoms with Crippen LogP contribution in [0.1, 0.15) is 36.0 Å². The summed E-state index contributed by atoms with van der Waals surface area (Å²) < 4.78 is 0. The minimum atomic E-state index is 0. The van der Waals surface area contributed by atoms with E-state index in [0.717, 1.165) is 13.0 Å². The highest BCUT2D eigenvalue weighted by molar-refractivity contribution is 5.80. The molecular weight excluding hydrogens is 188 g/mol. The zero-order valence-corrected chi connectivity index (χ0v) is 9.76. The average molecular weight is 214 g/mol. The van der Waals surface area contributed by atoms with E-state index in [1.54, 1.807) is 4.90 Å². The smallest absolute Gasteiger partial charge is 0.206 e. The Kier molecular flexibility index (Phi) is 7.67. The summed E-state index contributed by atoms with van der Waals surface area (Å²) in [4.78, 5) is 6.10. The maximum absolute atomic E-state index is 8.48. The topological polar surface area (TPSA) is 51.4 Å². The van der Waals surface area contributed by atoms with Gasteiger partial charge in [0.1, 0.15) is 0 Å². The molecule has 0 aliphatic rings. The number of nitrogens with zero attached hydrogens (tertiary/aromatic N) is 3. The standard InChI is InChI=1S/C10H20N4.CH4.H2/c1-10(2,3)6-7-12-9(13-8-11)14(4)5;;/h6-7H2,1-5H3,(H,12,13);1H4;1H. The molecule has 0 heterocycles. The minimum Gasteiger partial charge on any atom is -0.348 e. The van der Waals surface area contributed by atoms with Gasteiger partial charge in [0.15, 0.2) is 6.19 Å². The van der Waals surface area contributed by atoms with Crippen molar-refractivity contribution in [2.24, 2.45) is 10.4 Å². The Balaban J connectivity index is -0.000000845. The summed E-state index contributed by atoms with van der Waals surface area (Å²) in [6, 6.07) is 0. The molecule has 0 aliphatic heterocycles. The van der Waals surface area contributed by atoms with Gasteiger partial charge in [0.2, 0.25) is 5.96 Å². The molecule has 0 aromatic rings. The van der Waals surface area contributed by atoms with E-state index in [1.165, 1.54) is 0 Å². The van der Waals surface area contributed by atoms with Crippen molar-refractivity contribution in [2.75, 3.05) is 20.6 Å². The Morgan fingerprint density at radius 1 is 1.47 bits per heavy atom. The summed E-state index contributed by atoms with van der Waals surface area (Å²) in [6.45, 7) is 7.27. The van der Waals surface area contributed by atoms with Crippen molar-refractivity contribution >= 4 is 5.96 Å². The van der Waals surface area contributed by atoms with Gasteiger partial charge in [-0.2, -0.15) is 5.26 Å². The lowest BCUT2D eigenvalue weighted by Gasteiger charge is -2.18. The monoisotopic (exact) mass is 214 g/mol. The Morgan fingerprint density at radius 3 is 2.33 bits per heavy atom. The van der Waals surface area contributed by atoms with Crippen LogP contribution in [0.4, 0.5) is 0 Å². The first-order chi connectivity index (χ1) is 6.37. The predicted molar refractivity (Wildman–Crippen MR) is 67.7 cm³/mol. The molecule has 0 amide bonds. The van der Waals surface area contributed by atoms with Crippen LogP contribution < -0.4 is 5.32 Å². The summed E-state index contributed by atoms with van der Waals surface area (Å²) >= 11 is 0. The van der Waals surface area contributed by atoms with Crippen molar-refractivity contribution < 1.29 is 1.43 Å². The van der Waals surface area contributed by atoms with Gasteiger partial charge < -0.3 is 4.90 Å². The van der Waals surface area contributed by atoms with E-state index in [1.807, 2.05) is 20.3 Å². The van der Waals surface area contributed by atoms with Gasteiger partial charge in [-0.1, -0.05) is 28.2 Å².